The minimum atomic E-state index is -0.465. The first-order valence-electron chi connectivity index (χ1n) is 13.6. The smallest absolute Gasteiger partial charge is 0.262 e. The van der Waals surface area contributed by atoms with E-state index in [9.17, 15) is 10.1 Å². The summed E-state index contributed by atoms with van der Waals surface area (Å²) in [6.07, 6.45) is 5.51. The SMILES string of the molecule is CCCCOc1ccc(COc2ccc(-c3nn(-c4ccccc4)cc3/C=C(\C#N)C(=O)NCCOC)cc2)cc1. The molecule has 0 aliphatic heterocycles. The third-order valence-electron chi connectivity index (χ3n) is 6.24. The van der Waals surface area contributed by atoms with E-state index in [0.29, 0.717) is 36.8 Å². The van der Waals surface area contributed by atoms with Crippen molar-refractivity contribution in [1.29, 1.82) is 5.26 Å². The molecule has 0 radical (unpaired) electrons. The molecular formula is C33H34N4O4. The van der Waals surface area contributed by atoms with Crippen LogP contribution in [0.1, 0.15) is 30.9 Å². The van der Waals surface area contributed by atoms with Gasteiger partial charge in [-0.15, -0.1) is 0 Å². The molecule has 0 unspecified atom stereocenters. The summed E-state index contributed by atoms with van der Waals surface area (Å²) in [5.74, 6) is 1.11. The van der Waals surface area contributed by atoms with Gasteiger partial charge < -0.3 is 19.5 Å². The molecule has 4 aromatic rings. The highest BCUT2D eigenvalue weighted by atomic mass is 16.5. The second kappa shape index (κ2) is 15.1. The highest BCUT2D eigenvalue weighted by Crippen LogP contribution is 2.28. The van der Waals surface area contributed by atoms with Gasteiger partial charge in [0.15, 0.2) is 0 Å². The Morgan fingerprint density at radius 3 is 2.37 bits per heavy atom. The zero-order chi connectivity index (χ0) is 28.9. The van der Waals surface area contributed by atoms with Gasteiger partial charge in [0.2, 0.25) is 0 Å². The van der Waals surface area contributed by atoms with Gasteiger partial charge in [-0.2, -0.15) is 10.4 Å². The van der Waals surface area contributed by atoms with E-state index >= 15 is 0 Å². The van der Waals surface area contributed by atoms with Gasteiger partial charge in [-0.05, 0) is 66.6 Å². The Morgan fingerprint density at radius 2 is 1.68 bits per heavy atom. The number of nitriles is 1. The van der Waals surface area contributed by atoms with E-state index in [1.807, 2.05) is 91.1 Å². The number of carbonyl (C=O) groups is 1. The highest BCUT2D eigenvalue weighted by Gasteiger charge is 2.15. The fourth-order valence-corrected chi connectivity index (χ4v) is 3.99. The molecule has 1 amide bonds. The molecule has 210 valence electrons. The van der Waals surface area contributed by atoms with Gasteiger partial charge >= 0.3 is 0 Å². The van der Waals surface area contributed by atoms with E-state index in [4.69, 9.17) is 19.3 Å². The first-order chi connectivity index (χ1) is 20.1. The van der Waals surface area contributed by atoms with Crippen LogP contribution in [-0.4, -0.2) is 42.6 Å². The first-order valence-corrected chi connectivity index (χ1v) is 13.6. The maximum atomic E-state index is 12.6. The zero-order valence-electron chi connectivity index (χ0n) is 23.4. The van der Waals surface area contributed by atoms with Crippen molar-refractivity contribution >= 4 is 12.0 Å². The molecule has 1 aromatic heterocycles. The second-order valence-electron chi connectivity index (χ2n) is 9.29. The van der Waals surface area contributed by atoms with Crippen molar-refractivity contribution in [3.05, 3.63) is 102 Å². The Bertz CT molecular complexity index is 1470. The summed E-state index contributed by atoms with van der Waals surface area (Å²) in [5.41, 5.74) is 3.98. The van der Waals surface area contributed by atoms with Gasteiger partial charge in [0.05, 0.1) is 24.6 Å². The summed E-state index contributed by atoms with van der Waals surface area (Å²) < 4.78 is 18.4. The number of aromatic nitrogens is 2. The molecule has 8 nitrogen and oxygen atoms in total. The summed E-state index contributed by atoms with van der Waals surface area (Å²) in [7, 11) is 1.55. The first kappa shape index (κ1) is 29.1. The number of rotatable bonds is 14. The number of hydrogen-bond donors (Lipinski definition) is 1. The van der Waals surface area contributed by atoms with Gasteiger partial charge in [-0.1, -0.05) is 43.7 Å². The Hall–Kier alpha value is -4.87. The molecule has 4 rings (SSSR count). The van der Waals surface area contributed by atoms with Gasteiger partial charge in [0, 0.05) is 31.0 Å². The van der Waals surface area contributed by atoms with Crippen molar-refractivity contribution in [2.75, 3.05) is 26.9 Å². The Labute approximate surface area is 240 Å². The predicted octanol–water partition coefficient (Wildman–Crippen LogP) is 5.97. The quantitative estimate of drug-likeness (QED) is 0.118. The fourth-order valence-electron chi connectivity index (χ4n) is 3.99. The van der Waals surface area contributed by atoms with E-state index in [2.05, 4.69) is 12.2 Å². The monoisotopic (exact) mass is 550 g/mol. The molecular weight excluding hydrogens is 516 g/mol. The maximum Gasteiger partial charge on any atom is 0.262 e. The van der Waals surface area contributed by atoms with Gasteiger partial charge in [0.1, 0.15) is 29.7 Å². The summed E-state index contributed by atoms with van der Waals surface area (Å²) in [6.45, 7) is 3.95. The molecule has 41 heavy (non-hydrogen) atoms. The molecule has 8 heteroatoms. The number of para-hydroxylation sites is 1. The van der Waals surface area contributed by atoms with Gasteiger partial charge in [-0.3, -0.25) is 4.79 Å². The summed E-state index contributed by atoms with van der Waals surface area (Å²) in [5, 5.41) is 17.2. The number of methoxy groups -OCH3 is 1. The molecule has 0 saturated heterocycles. The topological polar surface area (TPSA) is 98.4 Å². The van der Waals surface area contributed by atoms with Crippen molar-refractivity contribution in [2.24, 2.45) is 0 Å². The van der Waals surface area contributed by atoms with Crippen molar-refractivity contribution in [1.82, 2.24) is 15.1 Å². The largest absolute Gasteiger partial charge is 0.494 e. The van der Waals surface area contributed by atoms with E-state index < -0.39 is 5.91 Å². The summed E-state index contributed by atoms with van der Waals surface area (Å²) in [4.78, 5) is 12.6. The van der Waals surface area contributed by atoms with Crippen LogP contribution in [0.5, 0.6) is 11.5 Å². The molecule has 0 aliphatic carbocycles. The lowest BCUT2D eigenvalue weighted by molar-refractivity contribution is -0.117. The number of nitrogens with one attached hydrogen (secondary N) is 1. The van der Waals surface area contributed by atoms with Crippen LogP contribution in [0.2, 0.25) is 0 Å². The summed E-state index contributed by atoms with van der Waals surface area (Å²) in [6, 6.07) is 27.2. The van der Waals surface area contributed by atoms with Crippen LogP contribution in [0.25, 0.3) is 23.0 Å². The average molecular weight is 551 g/mol. The van der Waals surface area contributed by atoms with E-state index in [-0.39, 0.29) is 5.57 Å². The average Bonchev–Trinajstić information content (AvgIpc) is 3.44. The minimum absolute atomic E-state index is 0.0169. The van der Waals surface area contributed by atoms with Crippen LogP contribution < -0.4 is 14.8 Å². The number of ether oxygens (including phenoxy) is 3. The lowest BCUT2D eigenvalue weighted by Gasteiger charge is -2.09. The number of benzene rings is 3. The molecule has 0 fully saturated rings. The number of amides is 1. The Kier molecular flexibility index (Phi) is 10.7. The van der Waals surface area contributed by atoms with Crippen LogP contribution in [0.15, 0.2) is 90.6 Å². The van der Waals surface area contributed by atoms with Crippen molar-refractivity contribution < 1.29 is 19.0 Å². The molecule has 3 aromatic carbocycles. The molecule has 0 aliphatic rings. The van der Waals surface area contributed by atoms with Crippen molar-refractivity contribution in [3.63, 3.8) is 0 Å². The van der Waals surface area contributed by atoms with E-state index in [1.54, 1.807) is 17.9 Å². The molecule has 0 saturated carbocycles. The van der Waals surface area contributed by atoms with Crippen molar-refractivity contribution in [3.8, 4) is 34.5 Å². The lowest BCUT2D eigenvalue weighted by atomic mass is 10.1. The minimum Gasteiger partial charge on any atom is -0.494 e. The molecule has 1 heterocycles. The molecule has 0 atom stereocenters. The highest BCUT2D eigenvalue weighted by molar-refractivity contribution is 6.02. The third-order valence-corrected chi connectivity index (χ3v) is 6.24. The number of carbonyl (C=O) groups excluding carboxylic acids is 1. The second-order valence-corrected chi connectivity index (χ2v) is 9.29. The van der Waals surface area contributed by atoms with Crippen molar-refractivity contribution in [2.45, 2.75) is 26.4 Å². The summed E-state index contributed by atoms with van der Waals surface area (Å²) >= 11 is 0. The van der Waals surface area contributed by atoms with Crippen LogP contribution >= 0.6 is 0 Å². The fraction of sp³-hybridized carbons (Fsp3) is 0.242. The molecule has 0 bridgehead atoms. The zero-order valence-corrected chi connectivity index (χ0v) is 23.4. The predicted molar refractivity (Wildman–Crippen MR) is 159 cm³/mol. The Morgan fingerprint density at radius 1 is 0.976 bits per heavy atom. The van der Waals surface area contributed by atoms with Crippen LogP contribution in [0.4, 0.5) is 0 Å². The number of nitrogens with zero attached hydrogens (tertiary/aromatic N) is 3. The molecule has 1 N–H and O–H groups in total. The normalized spacial score (nSPS) is 11.1. The third kappa shape index (κ3) is 8.31. The van der Waals surface area contributed by atoms with Gasteiger partial charge in [-0.25, -0.2) is 4.68 Å². The maximum absolute atomic E-state index is 12.6. The van der Waals surface area contributed by atoms with E-state index in [0.717, 1.165) is 42.0 Å². The lowest BCUT2D eigenvalue weighted by Crippen LogP contribution is -2.27. The van der Waals surface area contributed by atoms with Crippen LogP contribution in [-0.2, 0) is 16.1 Å². The number of unbranched alkanes of at least 4 members (excludes halogenated alkanes) is 1. The van der Waals surface area contributed by atoms with Crippen LogP contribution in [0, 0.1) is 11.3 Å². The van der Waals surface area contributed by atoms with E-state index in [1.165, 1.54) is 0 Å². The number of hydrogen-bond acceptors (Lipinski definition) is 6. The standard InChI is InChI=1S/C33H34N4O4/c1-3-4-19-40-30-14-10-25(11-15-30)24-41-31-16-12-26(13-17-31)32-28(21-27(22-34)33(38)35-18-20-39-2)23-37(36-32)29-8-6-5-7-9-29/h5-17,21,23H,3-4,18-20,24H2,1-2H3,(H,35,38)/b27-21+. The molecule has 0 spiro atoms. The van der Waals surface area contributed by atoms with Gasteiger partial charge in [0.25, 0.3) is 5.91 Å². The Balaban J connectivity index is 1.52. The van der Waals surface area contributed by atoms with Crippen LogP contribution in [0.3, 0.4) is 0 Å².